The number of carbonyl (C=O) groups is 3. The summed E-state index contributed by atoms with van der Waals surface area (Å²) in [7, 11) is 0. The summed E-state index contributed by atoms with van der Waals surface area (Å²) in [4.78, 5) is 41.9. The van der Waals surface area contributed by atoms with Gasteiger partial charge in [0.2, 0.25) is 11.9 Å². The first-order valence-electron chi connectivity index (χ1n) is 12.4. The molecule has 1 N–H and O–H groups in total. The van der Waals surface area contributed by atoms with E-state index in [1.165, 1.54) is 0 Å². The van der Waals surface area contributed by atoms with E-state index in [1.807, 2.05) is 18.2 Å². The summed E-state index contributed by atoms with van der Waals surface area (Å²) < 4.78 is 34.5. The van der Waals surface area contributed by atoms with Gasteiger partial charge >= 0.3 is 12.1 Å². The summed E-state index contributed by atoms with van der Waals surface area (Å²) in [6.07, 6.45) is 7.19. The molecule has 1 aliphatic heterocycles. The Morgan fingerprint density at radius 3 is 2.75 bits per heavy atom. The number of guanidine groups is 1. The Morgan fingerprint density at radius 2 is 2.00 bits per heavy atom. The summed E-state index contributed by atoms with van der Waals surface area (Å²) in [5.74, 6) is -1.60. The molecular formula is C24H31N3O5. The van der Waals surface area contributed by atoms with Gasteiger partial charge in [-0.2, -0.15) is 0 Å². The number of benzene rings is 1. The van der Waals surface area contributed by atoms with E-state index in [9.17, 15) is 14.4 Å². The molecular weight excluding hydrogens is 410 g/mol. The molecule has 1 heterocycles. The van der Waals surface area contributed by atoms with E-state index < -0.39 is 37.4 Å². The molecule has 3 rings (SSSR count). The number of carbonyl (C=O) groups excluding carboxylic acids is 3. The molecule has 0 saturated heterocycles. The fourth-order valence-electron chi connectivity index (χ4n) is 3.34. The molecule has 1 aromatic rings. The maximum atomic E-state index is 12.7. The molecule has 0 spiro atoms. The van der Waals surface area contributed by atoms with Crippen molar-refractivity contribution in [2.24, 2.45) is 10.9 Å². The number of amides is 2. The number of allylic oxidation sites excluding steroid dienone is 2. The third-order valence-corrected chi connectivity index (χ3v) is 5.19. The molecule has 172 valence electrons. The highest BCUT2D eigenvalue weighted by molar-refractivity contribution is 6.01. The van der Waals surface area contributed by atoms with Gasteiger partial charge in [0.15, 0.2) is 0 Å². The smallest absolute Gasteiger partial charge is 0.437 e. The quantitative estimate of drug-likeness (QED) is 0.565. The molecule has 1 unspecified atom stereocenters. The van der Waals surface area contributed by atoms with E-state index in [-0.39, 0.29) is 25.0 Å². The molecule has 8 nitrogen and oxygen atoms in total. The van der Waals surface area contributed by atoms with Crippen LogP contribution >= 0.6 is 0 Å². The van der Waals surface area contributed by atoms with Crippen LogP contribution in [0.2, 0.25) is 0 Å². The Balaban J connectivity index is 1.82. The number of esters is 1. The van der Waals surface area contributed by atoms with E-state index in [0.29, 0.717) is 23.3 Å². The second kappa shape index (κ2) is 12.0. The van der Waals surface area contributed by atoms with Crippen molar-refractivity contribution in [1.29, 1.82) is 0 Å². The van der Waals surface area contributed by atoms with Gasteiger partial charge < -0.3 is 14.4 Å². The molecule has 2 aliphatic rings. The Kier molecular flexibility index (Phi) is 7.33. The fourth-order valence-corrected chi connectivity index (χ4v) is 3.34. The van der Waals surface area contributed by atoms with Crippen LogP contribution in [0.4, 0.5) is 4.79 Å². The van der Waals surface area contributed by atoms with Crippen molar-refractivity contribution < 1.29 is 28.0 Å². The molecule has 1 saturated carbocycles. The summed E-state index contributed by atoms with van der Waals surface area (Å²) in [5, 5.41) is 2.37. The highest BCUT2D eigenvalue weighted by Crippen LogP contribution is 2.36. The van der Waals surface area contributed by atoms with Crippen molar-refractivity contribution >= 4 is 23.9 Å². The number of nitrogens with one attached hydrogen (secondary N) is 1. The summed E-state index contributed by atoms with van der Waals surface area (Å²) >= 11 is 0. The lowest BCUT2D eigenvalue weighted by Gasteiger charge is -2.23. The van der Waals surface area contributed by atoms with E-state index >= 15 is 0 Å². The van der Waals surface area contributed by atoms with Crippen LogP contribution in [-0.2, 0) is 25.7 Å². The van der Waals surface area contributed by atoms with Gasteiger partial charge in [-0.3, -0.25) is 14.9 Å². The van der Waals surface area contributed by atoms with Crippen LogP contribution in [0.15, 0.2) is 47.5 Å². The first-order valence-corrected chi connectivity index (χ1v) is 10.9. The summed E-state index contributed by atoms with van der Waals surface area (Å²) in [6, 6.07) is 8.87. The standard InChI is InChI=1S/C24H31N3O5/c1-27-16-22(29)32-20(19-14-15-19)12-8-3-2-4-9-13-21(28)25-23(27)26-24(30)31-17-18-10-6-5-7-11-18/h2,4-7,10-11,19-20H,3,8-9,12-17H2,1H3,(H,25,26,28,30)/b4-2-/i1D3. The Bertz CT molecular complexity index is 945. The monoisotopic (exact) mass is 444 g/mol. The first kappa shape index (κ1) is 19.5. The predicted octanol–water partition coefficient (Wildman–Crippen LogP) is 3.57. The van der Waals surface area contributed by atoms with Crippen molar-refractivity contribution in [2.75, 3.05) is 13.5 Å². The van der Waals surface area contributed by atoms with Crippen LogP contribution in [0, 0.1) is 5.92 Å². The van der Waals surface area contributed by atoms with Crippen molar-refractivity contribution in [3.8, 4) is 0 Å². The predicted molar refractivity (Wildman–Crippen MR) is 120 cm³/mol. The molecule has 1 atom stereocenters. The van der Waals surface area contributed by atoms with Crippen LogP contribution < -0.4 is 5.32 Å². The molecule has 32 heavy (non-hydrogen) atoms. The van der Waals surface area contributed by atoms with Crippen LogP contribution in [0.1, 0.15) is 54.6 Å². The minimum Gasteiger partial charge on any atom is -0.461 e. The zero-order chi connectivity index (χ0) is 25.3. The Hall–Kier alpha value is -3.16. The van der Waals surface area contributed by atoms with Crippen LogP contribution in [0.5, 0.6) is 0 Å². The zero-order valence-electron chi connectivity index (χ0n) is 21.0. The van der Waals surface area contributed by atoms with E-state index in [1.54, 1.807) is 24.3 Å². The molecule has 1 aliphatic carbocycles. The van der Waals surface area contributed by atoms with Gasteiger partial charge in [0.25, 0.3) is 0 Å². The molecule has 8 heteroatoms. The van der Waals surface area contributed by atoms with Crippen molar-refractivity contribution in [3.63, 3.8) is 0 Å². The summed E-state index contributed by atoms with van der Waals surface area (Å²) in [6.45, 7) is -3.68. The number of rotatable bonds is 3. The fraction of sp³-hybridized carbons (Fsp3) is 0.500. The molecule has 0 bridgehead atoms. The minimum absolute atomic E-state index is 0.0541. The van der Waals surface area contributed by atoms with Gasteiger partial charge in [-0.25, -0.2) is 4.79 Å². The van der Waals surface area contributed by atoms with Gasteiger partial charge in [-0.15, -0.1) is 4.99 Å². The van der Waals surface area contributed by atoms with E-state index in [2.05, 4.69) is 10.3 Å². The third-order valence-electron chi connectivity index (χ3n) is 5.19. The number of nitrogens with zero attached hydrogens (tertiary/aromatic N) is 2. The molecule has 1 aromatic carbocycles. The first-order chi connectivity index (χ1) is 16.7. The topological polar surface area (TPSA) is 97.3 Å². The van der Waals surface area contributed by atoms with Gasteiger partial charge in [-0.1, -0.05) is 42.5 Å². The van der Waals surface area contributed by atoms with Crippen LogP contribution in [0.25, 0.3) is 0 Å². The lowest BCUT2D eigenvalue weighted by molar-refractivity contribution is -0.150. The molecule has 2 amide bonds. The second-order valence-electron chi connectivity index (χ2n) is 7.92. The largest absolute Gasteiger partial charge is 0.461 e. The van der Waals surface area contributed by atoms with Crippen molar-refractivity contribution in [2.45, 2.75) is 57.7 Å². The highest BCUT2D eigenvalue weighted by Gasteiger charge is 2.34. The number of cyclic esters (lactones) is 1. The summed E-state index contributed by atoms with van der Waals surface area (Å²) in [5.41, 5.74) is 0.710. The molecule has 0 aromatic heterocycles. The molecule has 1 fully saturated rings. The van der Waals surface area contributed by atoms with E-state index in [0.717, 1.165) is 25.7 Å². The van der Waals surface area contributed by atoms with Gasteiger partial charge in [-0.05, 0) is 50.0 Å². The van der Waals surface area contributed by atoms with Crippen LogP contribution in [0.3, 0.4) is 0 Å². The van der Waals surface area contributed by atoms with Crippen molar-refractivity contribution in [3.05, 3.63) is 48.0 Å². The Morgan fingerprint density at radius 1 is 1.22 bits per heavy atom. The number of likely N-dealkylation sites (N-methyl/N-ethyl adjacent to an activating group) is 1. The lowest BCUT2D eigenvalue weighted by Crippen LogP contribution is -2.45. The van der Waals surface area contributed by atoms with Crippen LogP contribution in [-0.4, -0.2) is 48.5 Å². The average molecular weight is 445 g/mol. The van der Waals surface area contributed by atoms with Gasteiger partial charge in [0, 0.05) is 17.5 Å². The third kappa shape index (κ3) is 8.17. The average Bonchev–Trinajstić information content (AvgIpc) is 3.64. The minimum atomic E-state index is -2.88. The SMILES string of the molecule is [2H]C([2H])([2H])N1CC(=O)OC(C2CC2)CCC/C=C\CCC(=O)N/C1=N/C(=O)OCc1ccccc1. The number of ether oxygens (including phenoxy) is 2. The Labute approximate surface area is 192 Å². The maximum Gasteiger partial charge on any atom is 0.437 e. The number of aliphatic imine (C=N–C) groups is 1. The number of hydrogen-bond donors (Lipinski definition) is 1. The highest BCUT2D eigenvalue weighted by atomic mass is 16.5. The number of hydrogen-bond acceptors (Lipinski definition) is 5. The maximum absolute atomic E-state index is 12.7. The zero-order valence-corrected chi connectivity index (χ0v) is 18.0. The second-order valence-corrected chi connectivity index (χ2v) is 7.92. The molecule has 0 radical (unpaired) electrons. The normalized spacial score (nSPS) is 25.2. The van der Waals surface area contributed by atoms with Gasteiger partial charge in [0.05, 0.1) is 0 Å². The van der Waals surface area contributed by atoms with E-state index in [4.69, 9.17) is 13.6 Å². The lowest BCUT2D eigenvalue weighted by atomic mass is 10.1. The van der Waals surface area contributed by atoms with Crippen molar-refractivity contribution in [1.82, 2.24) is 10.2 Å². The van der Waals surface area contributed by atoms with Gasteiger partial charge in [0.1, 0.15) is 19.3 Å².